The van der Waals surface area contributed by atoms with Crippen LogP contribution in [0.2, 0.25) is 0 Å². The molecule has 0 radical (unpaired) electrons. The molecular weight excluding hydrogens is 242 g/mol. The highest BCUT2D eigenvalue weighted by Crippen LogP contribution is 2.31. The highest BCUT2D eigenvalue weighted by molar-refractivity contribution is 7.80. The third kappa shape index (κ3) is 2.10. The van der Waals surface area contributed by atoms with E-state index in [2.05, 4.69) is 41.9 Å². The average Bonchev–Trinajstić information content (AvgIpc) is 2.68. The first-order valence-electron chi connectivity index (χ1n) is 6.65. The molecule has 0 bridgehead atoms. The molecule has 0 atom stereocenters. The predicted molar refractivity (Wildman–Crippen MR) is 78.3 cm³/mol. The van der Waals surface area contributed by atoms with Crippen LogP contribution < -0.4 is 15.8 Å². The van der Waals surface area contributed by atoms with Gasteiger partial charge in [-0.3, -0.25) is 5.01 Å². The smallest absolute Gasteiger partial charge is 0.189 e. The fourth-order valence-corrected chi connectivity index (χ4v) is 3.17. The number of aryl methyl sites for hydroxylation is 1. The SMILES string of the molecule is Cc1ccc(N2NC3(CCCCC3)NC2=S)cc1. The molecule has 2 fully saturated rings. The van der Waals surface area contributed by atoms with Gasteiger partial charge in [0.2, 0.25) is 0 Å². The van der Waals surface area contributed by atoms with Crippen LogP contribution in [0.5, 0.6) is 0 Å². The van der Waals surface area contributed by atoms with Crippen molar-refractivity contribution >= 4 is 23.0 Å². The van der Waals surface area contributed by atoms with Gasteiger partial charge in [-0.2, -0.15) is 0 Å². The summed E-state index contributed by atoms with van der Waals surface area (Å²) in [5.74, 6) is 0. The lowest BCUT2D eigenvalue weighted by Gasteiger charge is -2.33. The molecule has 1 spiro atoms. The number of nitrogens with zero attached hydrogens (tertiary/aromatic N) is 1. The van der Waals surface area contributed by atoms with Gasteiger partial charge < -0.3 is 5.32 Å². The van der Waals surface area contributed by atoms with Gasteiger partial charge in [0.25, 0.3) is 0 Å². The number of hydrogen-bond acceptors (Lipinski definition) is 2. The second-order valence-corrected chi connectivity index (χ2v) is 5.74. The van der Waals surface area contributed by atoms with Gasteiger partial charge >= 0.3 is 0 Å². The molecular formula is C14H19N3S. The van der Waals surface area contributed by atoms with Gasteiger partial charge in [0.1, 0.15) is 5.66 Å². The summed E-state index contributed by atoms with van der Waals surface area (Å²) < 4.78 is 0. The molecule has 2 N–H and O–H groups in total. The second kappa shape index (κ2) is 4.52. The van der Waals surface area contributed by atoms with Gasteiger partial charge in [0, 0.05) is 0 Å². The van der Waals surface area contributed by atoms with Crippen LogP contribution in [-0.2, 0) is 0 Å². The van der Waals surface area contributed by atoms with Crippen molar-refractivity contribution in [3.05, 3.63) is 29.8 Å². The average molecular weight is 261 g/mol. The third-order valence-electron chi connectivity index (χ3n) is 3.87. The van der Waals surface area contributed by atoms with Crippen molar-refractivity contribution in [3.8, 4) is 0 Å². The molecule has 0 aromatic heterocycles. The molecule has 1 aromatic carbocycles. The highest BCUT2D eigenvalue weighted by Gasteiger charge is 2.41. The summed E-state index contributed by atoms with van der Waals surface area (Å²) in [6, 6.07) is 8.45. The lowest BCUT2D eigenvalue weighted by atomic mass is 9.90. The van der Waals surface area contributed by atoms with Crippen LogP contribution >= 0.6 is 12.2 Å². The van der Waals surface area contributed by atoms with Gasteiger partial charge in [-0.05, 0) is 57.0 Å². The Labute approximate surface area is 114 Å². The lowest BCUT2D eigenvalue weighted by molar-refractivity contribution is 0.238. The molecule has 1 aromatic rings. The van der Waals surface area contributed by atoms with Crippen LogP contribution in [0, 0.1) is 6.92 Å². The minimum Gasteiger partial charge on any atom is -0.342 e. The highest BCUT2D eigenvalue weighted by atomic mass is 32.1. The lowest BCUT2D eigenvalue weighted by Crippen LogP contribution is -2.52. The molecule has 2 aliphatic rings. The maximum Gasteiger partial charge on any atom is 0.189 e. The maximum atomic E-state index is 5.46. The topological polar surface area (TPSA) is 27.3 Å². The first-order valence-corrected chi connectivity index (χ1v) is 7.06. The quantitative estimate of drug-likeness (QED) is 0.760. The Balaban J connectivity index is 1.82. The van der Waals surface area contributed by atoms with Crippen molar-refractivity contribution in [2.24, 2.45) is 0 Å². The Hall–Kier alpha value is -1.13. The van der Waals surface area contributed by atoms with E-state index >= 15 is 0 Å². The molecule has 1 saturated carbocycles. The summed E-state index contributed by atoms with van der Waals surface area (Å²) in [7, 11) is 0. The molecule has 4 heteroatoms. The van der Waals surface area contributed by atoms with Crippen molar-refractivity contribution in [2.45, 2.75) is 44.7 Å². The molecule has 1 aliphatic heterocycles. The Bertz CT molecular complexity index is 449. The molecule has 0 amide bonds. The molecule has 3 rings (SSSR count). The molecule has 3 nitrogen and oxygen atoms in total. The summed E-state index contributed by atoms with van der Waals surface area (Å²) in [5, 5.41) is 6.29. The van der Waals surface area contributed by atoms with Gasteiger partial charge in [-0.25, -0.2) is 5.43 Å². The fourth-order valence-electron chi connectivity index (χ4n) is 2.82. The van der Waals surface area contributed by atoms with E-state index in [0.29, 0.717) is 0 Å². The monoisotopic (exact) mass is 261 g/mol. The number of benzene rings is 1. The number of hydrogen-bond donors (Lipinski definition) is 2. The van der Waals surface area contributed by atoms with Gasteiger partial charge in [0.05, 0.1) is 5.69 Å². The molecule has 1 aliphatic carbocycles. The van der Waals surface area contributed by atoms with E-state index in [1.807, 2.05) is 5.01 Å². The van der Waals surface area contributed by atoms with E-state index in [1.54, 1.807) is 0 Å². The van der Waals surface area contributed by atoms with Crippen molar-refractivity contribution in [2.75, 3.05) is 5.01 Å². The van der Waals surface area contributed by atoms with Crippen LogP contribution in [0.4, 0.5) is 5.69 Å². The summed E-state index contributed by atoms with van der Waals surface area (Å²) in [6.07, 6.45) is 6.17. The summed E-state index contributed by atoms with van der Waals surface area (Å²) in [5.41, 5.74) is 5.95. The van der Waals surface area contributed by atoms with Crippen molar-refractivity contribution in [1.29, 1.82) is 0 Å². The third-order valence-corrected chi connectivity index (χ3v) is 4.16. The molecule has 96 valence electrons. The summed E-state index contributed by atoms with van der Waals surface area (Å²) in [6.45, 7) is 2.10. The van der Waals surface area contributed by atoms with Crippen LogP contribution in [-0.4, -0.2) is 10.8 Å². The van der Waals surface area contributed by atoms with Gasteiger partial charge in [-0.1, -0.05) is 24.1 Å². The zero-order chi connectivity index (χ0) is 12.6. The number of anilines is 1. The second-order valence-electron chi connectivity index (χ2n) is 5.36. The molecule has 1 heterocycles. The molecule has 1 saturated heterocycles. The maximum absolute atomic E-state index is 5.46. The standard InChI is InChI=1S/C14H19N3S/c1-11-5-7-12(8-6-11)17-13(18)15-14(16-17)9-3-2-4-10-14/h5-8,16H,2-4,9-10H2,1H3,(H,15,18). The zero-order valence-electron chi connectivity index (χ0n) is 10.7. The number of nitrogens with one attached hydrogen (secondary N) is 2. The van der Waals surface area contributed by atoms with Crippen molar-refractivity contribution < 1.29 is 0 Å². The van der Waals surface area contributed by atoms with E-state index in [1.165, 1.54) is 24.8 Å². The Morgan fingerprint density at radius 2 is 1.78 bits per heavy atom. The van der Waals surface area contributed by atoms with Gasteiger partial charge in [-0.15, -0.1) is 0 Å². The van der Waals surface area contributed by atoms with E-state index in [0.717, 1.165) is 23.6 Å². The van der Waals surface area contributed by atoms with Crippen LogP contribution in [0.15, 0.2) is 24.3 Å². The minimum absolute atomic E-state index is 0.000218. The fraction of sp³-hybridized carbons (Fsp3) is 0.500. The number of hydrazine groups is 1. The summed E-state index contributed by atoms with van der Waals surface area (Å²) in [4.78, 5) is 0. The van der Waals surface area contributed by atoms with E-state index in [9.17, 15) is 0 Å². The largest absolute Gasteiger partial charge is 0.342 e. The van der Waals surface area contributed by atoms with E-state index in [4.69, 9.17) is 12.2 Å². The summed E-state index contributed by atoms with van der Waals surface area (Å²) >= 11 is 5.46. The van der Waals surface area contributed by atoms with Crippen LogP contribution in [0.3, 0.4) is 0 Å². The molecule has 0 unspecified atom stereocenters. The molecule has 18 heavy (non-hydrogen) atoms. The number of thiocarbonyl (C=S) groups is 1. The van der Waals surface area contributed by atoms with Gasteiger partial charge in [0.15, 0.2) is 5.11 Å². The van der Waals surface area contributed by atoms with Crippen molar-refractivity contribution in [1.82, 2.24) is 10.7 Å². The number of rotatable bonds is 1. The Kier molecular flexibility index (Phi) is 2.99. The normalized spacial score (nSPS) is 22.3. The minimum atomic E-state index is 0.000218. The Morgan fingerprint density at radius 1 is 1.11 bits per heavy atom. The van der Waals surface area contributed by atoms with E-state index < -0.39 is 0 Å². The van der Waals surface area contributed by atoms with E-state index in [-0.39, 0.29) is 5.66 Å². The zero-order valence-corrected chi connectivity index (χ0v) is 11.5. The predicted octanol–water partition coefficient (Wildman–Crippen LogP) is 2.85. The van der Waals surface area contributed by atoms with Crippen LogP contribution in [0.25, 0.3) is 0 Å². The first kappa shape index (κ1) is 11.9. The van der Waals surface area contributed by atoms with Crippen molar-refractivity contribution in [3.63, 3.8) is 0 Å². The van der Waals surface area contributed by atoms with Crippen LogP contribution in [0.1, 0.15) is 37.7 Å². The first-order chi connectivity index (χ1) is 8.69. The Morgan fingerprint density at radius 3 is 2.44 bits per heavy atom.